The van der Waals surface area contributed by atoms with Crippen LogP contribution in [0.4, 0.5) is 0 Å². The SMILES string of the molecule is CC(C)(CCCCl)CNC(=O)c1cnn2ccccc12. The summed E-state index contributed by atoms with van der Waals surface area (Å²) in [5.74, 6) is 0.580. The molecule has 1 amide bonds. The Morgan fingerprint density at radius 2 is 2.25 bits per heavy atom. The normalized spacial score (nSPS) is 11.8. The van der Waals surface area contributed by atoms with E-state index < -0.39 is 0 Å². The van der Waals surface area contributed by atoms with Crippen LogP contribution in [0.3, 0.4) is 0 Å². The van der Waals surface area contributed by atoms with Crippen LogP contribution in [-0.2, 0) is 0 Å². The topological polar surface area (TPSA) is 46.4 Å². The van der Waals surface area contributed by atoms with Crippen molar-refractivity contribution in [3.63, 3.8) is 0 Å². The molecule has 0 aliphatic rings. The molecule has 0 spiro atoms. The van der Waals surface area contributed by atoms with Gasteiger partial charge in [-0.3, -0.25) is 4.79 Å². The van der Waals surface area contributed by atoms with Gasteiger partial charge in [-0.05, 0) is 30.4 Å². The van der Waals surface area contributed by atoms with Crippen LogP contribution in [0.2, 0.25) is 0 Å². The number of carbonyl (C=O) groups excluding carboxylic acids is 1. The summed E-state index contributed by atoms with van der Waals surface area (Å²) in [4.78, 5) is 12.2. The lowest BCUT2D eigenvalue weighted by molar-refractivity contribution is 0.0936. The largest absolute Gasteiger partial charge is 0.351 e. The lowest BCUT2D eigenvalue weighted by atomic mass is 9.88. The van der Waals surface area contributed by atoms with Crippen molar-refractivity contribution in [2.24, 2.45) is 5.41 Å². The maximum atomic E-state index is 12.2. The number of fused-ring (bicyclic) bond motifs is 1. The van der Waals surface area contributed by atoms with Gasteiger partial charge in [-0.2, -0.15) is 5.10 Å². The molecule has 0 fully saturated rings. The Bertz CT molecular complexity index is 592. The van der Waals surface area contributed by atoms with Crippen molar-refractivity contribution in [2.75, 3.05) is 12.4 Å². The second-order valence-corrected chi connectivity index (χ2v) is 6.11. The fourth-order valence-electron chi connectivity index (χ4n) is 2.16. The van der Waals surface area contributed by atoms with Gasteiger partial charge in [-0.25, -0.2) is 4.52 Å². The standard InChI is InChI=1S/C15H20ClN3O/c1-15(2,7-5-8-16)11-17-14(20)12-10-18-19-9-4-3-6-13(12)19/h3-4,6,9-10H,5,7-8,11H2,1-2H3,(H,17,20). The van der Waals surface area contributed by atoms with E-state index >= 15 is 0 Å². The van der Waals surface area contributed by atoms with E-state index in [-0.39, 0.29) is 11.3 Å². The maximum Gasteiger partial charge on any atom is 0.255 e. The Morgan fingerprint density at radius 1 is 1.45 bits per heavy atom. The van der Waals surface area contributed by atoms with Crippen molar-refractivity contribution < 1.29 is 4.79 Å². The molecule has 0 unspecified atom stereocenters. The number of amides is 1. The van der Waals surface area contributed by atoms with E-state index in [9.17, 15) is 4.79 Å². The van der Waals surface area contributed by atoms with Crippen molar-refractivity contribution >= 4 is 23.0 Å². The maximum absolute atomic E-state index is 12.2. The van der Waals surface area contributed by atoms with Gasteiger partial charge in [0.25, 0.3) is 5.91 Å². The second-order valence-electron chi connectivity index (χ2n) is 5.73. The molecule has 0 aromatic carbocycles. The minimum absolute atomic E-state index is 0.0491. The van der Waals surface area contributed by atoms with Gasteiger partial charge < -0.3 is 5.32 Å². The van der Waals surface area contributed by atoms with Gasteiger partial charge in [-0.1, -0.05) is 19.9 Å². The van der Waals surface area contributed by atoms with Crippen molar-refractivity contribution in [2.45, 2.75) is 26.7 Å². The second kappa shape index (κ2) is 6.27. The van der Waals surface area contributed by atoms with Gasteiger partial charge in [0, 0.05) is 18.6 Å². The van der Waals surface area contributed by atoms with E-state index in [0.717, 1.165) is 18.4 Å². The molecule has 1 N–H and O–H groups in total. The van der Waals surface area contributed by atoms with Crippen molar-refractivity contribution in [3.8, 4) is 0 Å². The number of nitrogens with one attached hydrogen (secondary N) is 1. The third-order valence-electron chi connectivity index (χ3n) is 3.39. The predicted octanol–water partition coefficient (Wildman–Crippen LogP) is 3.11. The number of halogens is 1. The first kappa shape index (κ1) is 14.9. The highest BCUT2D eigenvalue weighted by Crippen LogP contribution is 2.21. The summed E-state index contributed by atoms with van der Waals surface area (Å²) >= 11 is 5.72. The average molecular weight is 294 g/mol. The van der Waals surface area contributed by atoms with E-state index in [1.165, 1.54) is 0 Å². The quantitative estimate of drug-likeness (QED) is 0.832. The van der Waals surface area contributed by atoms with E-state index in [1.807, 2.05) is 24.4 Å². The molecule has 0 aliphatic heterocycles. The first-order valence-electron chi connectivity index (χ1n) is 6.80. The number of rotatable bonds is 6. The molecule has 5 heteroatoms. The van der Waals surface area contributed by atoms with E-state index in [0.29, 0.717) is 18.0 Å². The molecule has 0 bridgehead atoms. The number of nitrogens with zero attached hydrogens (tertiary/aromatic N) is 2. The van der Waals surface area contributed by atoms with Gasteiger partial charge in [0.15, 0.2) is 0 Å². The first-order valence-corrected chi connectivity index (χ1v) is 7.33. The summed E-state index contributed by atoms with van der Waals surface area (Å²) in [5.41, 5.74) is 1.48. The predicted molar refractivity (Wildman–Crippen MR) is 81.3 cm³/mol. The minimum atomic E-state index is -0.0786. The van der Waals surface area contributed by atoms with Gasteiger partial charge in [0.2, 0.25) is 0 Å². The molecule has 2 rings (SSSR count). The van der Waals surface area contributed by atoms with Crippen molar-refractivity contribution in [1.82, 2.24) is 14.9 Å². The first-order chi connectivity index (χ1) is 9.53. The van der Waals surface area contributed by atoms with Crippen molar-refractivity contribution in [3.05, 3.63) is 36.2 Å². The zero-order valence-corrected chi connectivity index (χ0v) is 12.7. The molecular weight excluding hydrogens is 274 g/mol. The van der Waals surface area contributed by atoms with E-state index in [2.05, 4.69) is 24.3 Å². The van der Waals surface area contributed by atoms with Gasteiger partial charge in [0.05, 0.1) is 17.3 Å². The summed E-state index contributed by atoms with van der Waals surface area (Å²) in [6, 6.07) is 5.68. The molecule has 2 aromatic rings. The molecule has 2 aromatic heterocycles. The number of hydrogen-bond donors (Lipinski definition) is 1. The number of hydrogen-bond acceptors (Lipinski definition) is 2. The van der Waals surface area contributed by atoms with Gasteiger partial charge in [-0.15, -0.1) is 11.6 Å². The third kappa shape index (κ3) is 3.51. The van der Waals surface area contributed by atoms with Crippen LogP contribution in [-0.4, -0.2) is 27.9 Å². The molecular formula is C15H20ClN3O. The zero-order valence-electron chi connectivity index (χ0n) is 11.9. The summed E-state index contributed by atoms with van der Waals surface area (Å²) in [6.07, 6.45) is 5.39. The fourth-order valence-corrected chi connectivity index (χ4v) is 2.29. The molecule has 2 heterocycles. The number of carbonyl (C=O) groups is 1. The summed E-state index contributed by atoms with van der Waals surface area (Å²) in [5, 5.41) is 7.16. The van der Waals surface area contributed by atoms with Gasteiger partial charge >= 0.3 is 0 Å². The molecule has 0 saturated carbocycles. The molecule has 0 radical (unpaired) electrons. The van der Waals surface area contributed by atoms with Crippen molar-refractivity contribution in [1.29, 1.82) is 0 Å². The van der Waals surface area contributed by atoms with Crippen LogP contribution < -0.4 is 5.32 Å². The molecule has 0 aliphatic carbocycles. The highest BCUT2D eigenvalue weighted by Gasteiger charge is 2.20. The number of aromatic nitrogens is 2. The van der Waals surface area contributed by atoms with Crippen LogP contribution in [0.15, 0.2) is 30.6 Å². The zero-order chi connectivity index (χ0) is 14.6. The molecule has 20 heavy (non-hydrogen) atoms. The Hall–Kier alpha value is -1.55. The molecule has 0 saturated heterocycles. The van der Waals surface area contributed by atoms with Crippen LogP contribution >= 0.6 is 11.6 Å². The van der Waals surface area contributed by atoms with E-state index in [4.69, 9.17) is 11.6 Å². The Kier molecular flexibility index (Phi) is 4.65. The molecule has 108 valence electrons. The fraction of sp³-hybridized carbons (Fsp3) is 0.467. The highest BCUT2D eigenvalue weighted by molar-refractivity contribution is 6.17. The lowest BCUT2D eigenvalue weighted by Gasteiger charge is -2.24. The molecule has 4 nitrogen and oxygen atoms in total. The molecule has 0 atom stereocenters. The third-order valence-corrected chi connectivity index (χ3v) is 3.65. The van der Waals surface area contributed by atoms with Crippen LogP contribution in [0.1, 0.15) is 37.0 Å². The van der Waals surface area contributed by atoms with Gasteiger partial charge in [0.1, 0.15) is 0 Å². The summed E-state index contributed by atoms with van der Waals surface area (Å²) in [6.45, 7) is 4.90. The van der Waals surface area contributed by atoms with Crippen LogP contribution in [0.25, 0.3) is 5.52 Å². The monoisotopic (exact) mass is 293 g/mol. The summed E-state index contributed by atoms with van der Waals surface area (Å²) in [7, 11) is 0. The smallest absolute Gasteiger partial charge is 0.255 e. The Labute approximate surface area is 124 Å². The average Bonchev–Trinajstić information content (AvgIpc) is 2.87. The number of pyridine rings is 1. The Morgan fingerprint density at radius 3 is 3.00 bits per heavy atom. The number of alkyl halides is 1. The van der Waals surface area contributed by atoms with E-state index in [1.54, 1.807) is 10.7 Å². The minimum Gasteiger partial charge on any atom is -0.351 e. The summed E-state index contributed by atoms with van der Waals surface area (Å²) < 4.78 is 1.70. The lowest BCUT2D eigenvalue weighted by Crippen LogP contribution is -2.34. The van der Waals surface area contributed by atoms with Crippen LogP contribution in [0.5, 0.6) is 0 Å². The Balaban J connectivity index is 2.02. The van der Waals surface area contributed by atoms with Crippen LogP contribution in [0, 0.1) is 5.41 Å². The highest BCUT2D eigenvalue weighted by atomic mass is 35.5.